The molecule has 0 aliphatic carbocycles. The standard InChI is InChI=1S/C11H7F6NO4.C3H8O/c1-2-3-4(8(19)20)6(10(12,13)14)18-7(11(15,16)17)5(3)9(21)22;1-2-3-4/h2H2,1H3,(H,19,20)(H,21,22);4H,2-3H2,1H3. The first kappa shape index (κ1) is 23.6. The van der Waals surface area contributed by atoms with Gasteiger partial charge in [0.05, 0.1) is 11.1 Å². The molecule has 1 heterocycles. The van der Waals surface area contributed by atoms with Crippen LogP contribution in [0.2, 0.25) is 0 Å². The zero-order valence-corrected chi connectivity index (χ0v) is 13.5. The van der Waals surface area contributed by atoms with Crippen LogP contribution < -0.4 is 0 Å². The number of aromatic nitrogens is 1. The number of carboxylic acids is 2. The van der Waals surface area contributed by atoms with Crippen molar-refractivity contribution in [1.82, 2.24) is 4.98 Å². The maximum absolute atomic E-state index is 12.8. The first-order chi connectivity index (χ1) is 11.7. The highest BCUT2D eigenvalue weighted by Crippen LogP contribution is 2.39. The first-order valence-corrected chi connectivity index (χ1v) is 7.02. The molecule has 0 aliphatic heterocycles. The summed E-state index contributed by atoms with van der Waals surface area (Å²) in [5.41, 5.74) is -8.85. The molecule has 26 heavy (non-hydrogen) atoms. The summed E-state index contributed by atoms with van der Waals surface area (Å²) in [5, 5.41) is 25.5. The third-order valence-electron chi connectivity index (χ3n) is 2.84. The summed E-state index contributed by atoms with van der Waals surface area (Å²) >= 11 is 0. The second-order valence-electron chi connectivity index (χ2n) is 4.72. The van der Waals surface area contributed by atoms with E-state index >= 15 is 0 Å². The predicted molar refractivity (Wildman–Crippen MR) is 74.9 cm³/mol. The molecule has 0 spiro atoms. The van der Waals surface area contributed by atoms with Crippen molar-refractivity contribution in [3.05, 3.63) is 28.1 Å². The molecule has 1 aromatic rings. The molecule has 0 amide bonds. The number of hydrogen-bond acceptors (Lipinski definition) is 4. The van der Waals surface area contributed by atoms with Gasteiger partial charge in [0.25, 0.3) is 0 Å². The smallest absolute Gasteiger partial charge is 0.434 e. The van der Waals surface area contributed by atoms with Gasteiger partial charge in [-0.2, -0.15) is 26.3 Å². The molecule has 0 fully saturated rings. The fraction of sp³-hybridized carbons (Fsp3) is 0.500. The van der Waals surface area contributed by atoms with Crippen molar-refractivity contribution in [3.63, 3.8) is 0 Å². The summed E-state index contributed by atoms with van der Waals surface area (Å²) in [6.07, 6.45) is -10.8. The van der Waals surface area contributed by atoms with Crippen molar-refractivity contribution in [2.24, 2.45) is 0 Å². The predicted octanol–water partition coefficient (Wildman–Crippen LogP) is 3.47. The molecule has 148 valence electrons. The summed E-state index contributed by atoms with van der Waals surface area (Å²) in [7, 11) is 0. The van der Waals surface area contributed by atoms with Gasteiger partial charge in [-0.3, -0.25) is 0 Å². The molecule has 3 N–H and O–H groups in total. The number of aromatic carboxylic acids is 2. The van der Waals surface area contributed by atoms with Crippen molar-refractivity contribution in [2.45, 2.75) is 39.0 Å². The molecule has 1 rings (SSSR count). The lowest BCUT2D eigenvalue weighted by Crippen LogP contribution is -2.26. The van der Waals surface area contributed by atoms with Crippen LogP contribution in [0.5, 0.6) is 0 Å². The zero-order valence-electron chi connectivity index (χ0n) is 13.5. The number of alkyl halides is 6. The Balaban J connectivity index is 0.00000141. The molecule has 0 atom stereocenters. The van der Waals surface area contributed by atoms with Crippen molar-refractivity contribution in [2.75, 3.05) is 6.61 Å². The molecule has 1 aromatic heterocycles. The van der Waals surface area contributed by atoms with E-state index in [1.54, 1.807) is 0 Å². The summed E-state index contributed by atoms with van der Waals surface area (Å²) in [6, 6.07) is 0. The second kappa shape index (κ2) is 8.83. The average molecular weight is 391 g/mol. The monoisotopic (exact) mass is 391 g/mol. The van der Waals surface area contributed by atoms with Gasteiger partial charge in [-0.25, -0.2) is 14.6 Å². The van der Waals surface area contributed by atoms with Crippen LogP contribution in [0.1, 0.15) is 57.9 Å². The van der Waals surface area contributed by atoms with Gasteiger partial charge in [0.15, 0.2) is 11.4 Å². The Morgan fingerprint density at radius 3 is 1.35 bits per heavy atom. The van der Waals surface area contributed by atoms with Gasteiger partial charge < -0.3 is 15.3 Å². The maximum Gasteiger partial charge on any atom is 0.434 e. The van der Waals surface area contributed by atoms with Gasteiger partial charge in [0.1, 0.15) is 0 Å². The summed E-state index contributed by atoms with van der Waals surface area (Å²) in [6.45, 7) is 3.29. The van der Waals surface area contributed by atoms with Crippen LogP contribution in [-0.2, 0) is 18.8 Å². The Kier molecular flexibility index (Phi) is 8.02. The highest BCUT2D eigenvalue weighted by atomic mass is 19.4. The molecule has 0 bridgehead atoms. The number of halogens is 6. The van der Waals surface area contributed by atoms with Crippen LogP contribution in [0.25, 0.3) is 0 Å². The topological polar surface area (TPSA) is 108 Å². The van der Waals surface area contributed by atoms with E-state index < -0.39 is 58.8 Å². The minimum absolute atomic E-state index is 0.319. The first-order valence-electron chi connectivity index (χ1n) is 7.02. The molecular weight excluding hydrogens is 376 g/mol. The Morgan fingerprint density at radius 2 is 1.19 bits per heavy atom. The fourth-order valence-corrected chi connectivity index (χ4v) is 1.86. The van der Waals surface area contributed by atoms with E-state index in [-0.39, 0.29) is 0 Å². The molecule has 0 aromatic carbocycles. The van der Waals surface area contributed by atoms with Gasteiger partial charge in [0.2, 0.25) is 0 Å². The van der Waals surface area contributed by atoms with Crippen LogP contribution in [-0.4, -0.2) is 38.8 Å². The number of pyridine rings is 1. The fourth-order valence-electron chi connectivity index (χ4n) is 1.86. The molecular formula is C14H15F6NO5. The van der Waals surface area contributed by atoms with Gasteiger partial charge in [-0.15, -0.1) is 0 Å². The number of rotatable bonds is 4. The third-order valence-corrected chi connectivity index (χ3v) is 2.84. The highest BCUT2D eigenvalue weighted by molar-refractivity contribution is 5.98. The van der Waals surface area contributed by atoms with Crippen molar-refractivity contribution in [1.29, 1.82) is 0 Å². The van der Waals surface area contributed by atoms with E-state index in [0.29, 0.717) is 6.61 Å². The SMILES string of the molecule is CCCO.CCc1c(C(=O)O)c(C(F)(F)F)nc(C(F)(F)F)c1C(=O)O. The molecule has 0 saturated carbocycles. The Bertz CT molecular complexity index is 617. The molecule has 0 aliphatic rings. The summed E-state index contributed by atoms with van der Waals surface area (Å²) < 4.78 is 76.7. The Hall–Kier alpha value is -2.37. The van der Waals surface area contributed by atoms with E-state index in [4.69, 9.17) is 15.3 Å². The minimum Gasteiger partial charge on any atom is -0.478 e. The van der Waals surface area contributed by atoms with Gasteiger partial charge in [0, 0.05) is 6.61 Å². The third kappa shape index (κ3) is 5.58. The molecule has 0 radical (unpaired) electrons. The van der Waals surface area contributed by atoms with Gasteiger partial charge in [-0.05, 0) is 18.4 Å². The largest absolute Gasteiger partial charge is 0.478 e. The Labute approximate surface area is 143 Å². The van der Waals surface area contributed by atoms with E-state index in [2.05, 4.69) is 4.98 Å². The Morgan fingerprint density at radius 1 is 0.885 bits per heavy atom. The van der Waals surface area contributed by atoms with E-state index in [1.165, 1.54) is 0 Å². The maximum atomic E-state index is 12.8. The van der Waals surface area contributed by atoms with Crippen LogP contribution in [0.15, 0.2) is 0 Å². The normalized spacial score (nSPS) is 11.6. The van der Waals surface area contributed by atoms with Crippen LogP contribution in [0.4, 0.5) is 26.3 Å². The number of carboxylic acid groups (broad SMARTS) is 2. The molecule has 12 heteroatoms. The van der Waals surface area contributed by atoms with Gasteiger partial charge in [-0.1, -0.05) is 13.8 Å². The van der Waals surface area contributed by atoms with E-state index in [9.17, 15) is 35.9 Å². The number of carbonyl (C=O) groups is 2. The molecule has 0 saturated heterocycles. The van der Waals surface area contributed by atoms with Crippen molar-refractivity contribution in [3.8, 4) is 0 Å². The van der Waals surface area contributed by atoms with Crippen molar-refractivity contribution >= 4 is 11.9 Å². The summed E-state index contributed by atoms with van der Waals surface area (Å²) in [4.78, 5) is 24.2. The average Bonchev–Trinajstić information content (AvgIpc) is 2.50. The van der Waals surface area contributed by atoms with Crippen molar-refractivity contribution < 1.29 is 51.3 Å². The summed E-state index contributed by atoms with van der Waals surface area (Å²) in [5.74, 6) is -4.43. The lowest BCUT2D eigenvalue weighted by Gasteiger charge is -2.19. The second-order valence-corrected chi connectivity index (χ2v) is 4.72. The number of aliphatic hydroxyl groups excluding tert-OH is 1. The highest BCUT2D eigenvalue weighted by Gasteiger charge is 2.46. The minimum atomic E-state index is -5.49. The number of hydrogen-bond donors (Lipinski definition) is 3. The van der Waals surface area contributed by atoms with Crippen LogP contribution in [0.3, 0.4) is 0 Å². The number of aliphatic hydroxyl groups is 1. The number of nitrogens with zero attached hydrogens (tertiary/aromatic N) is 1. The molecule has 0 unspecified atom stereocenters. The lowest BCUT2D eigenvalue weighted by molar-refractivity contribution is -0.150. The van der Waals surface area contributed by atoms with E-state index in [1.807, 2.05) is 6.92 Å². The zero-order chi connectivity index (χ0) is 20.9. The molecule has 6 nitrogen and oxygen atoms in total. The lowest BCUT2D eigenvalue weighted by atomic mass is 9.95. The quantitative estimate of drug-likeness (QED) is 0.679. The van der Waals surface area contributed by atoms with E-state index in [0.717, 1.165) is 13.3 Å². The van der Waals surface area contributed by atoms with Crippen LogP contribution >= 0.6 is 0 Å². The van der Waals surface area contributed by atoms with Crippen LogP contribution in [0, 0.1) is 0 Å². The van der Waals surface area contributed by atoms with Gasteiger partial charge >= 0.3 is 24.3 Å².